The fraction of sp³-hybridized carbons (Fsp3) is 0.176. The molecule has 0 saturated carbocycles. The third-order valence-corrected chi connectivity index (χ3v) is 3.60. The number of H-pyrrole nitrogens is 1. The summed E-state index contributed by atoms with van der Waals surface area (Å²) in [6.07, 6.45) is 0.544. The van der Waals surface area contributed by atoms with E-state index in [1.165, 1.54) is 12.3 Å². The molecule has 2 heterocycles. The number of benzene rings is 1. The number of aliphatic hydroxyl groups excluding tert-OH is 1. The number of aromatic amines is 1. The molecule has 0 saturated heterocycles. The molecule has 124 valence electrons. The second-order valence-electron chi connectivity index (χ2n) is 5.30. The van der Waals surface area contributed by atoms with Crippen molar-refractivity contribution in [3.63, 3.8) is 0 Å². The van der Waals surface area contributed by atoms with Crippen molar-refractivity contribution in [1.82, 2.24) is 15.6 Å². The minimum Gasteiger partial charge on any atom is -0.467 e. The molecule has 0 aliphatic rings. The van der Waals surface area contributed by atoms with Gasteiger partial charge in [0.2, 0.25) is 5.56 Å². The summed E-state index contributed by atoms with van der Waals surface area (Å²) in [6.45, 7) is 0.225. The predicted octanol–water partition coefficient (Wildman–Crippen LogP) is 1.65. The van der Waals surface area contributed by atoms with Gasteiger partial charge in [-0.3, -0.25) is 4.79 Å². The Morgan fingerprint density at radius 2 is 2.04 bits per heavy atom. The zero-order valence-electron chi connectivity index (χ0n) is 12.8. The fourth-order valence-corrected chi connectivity index (χ4v) is 2.43. The van der Waals surface area contributed by atoms with E-state index in [9.17, 15) is 14.7 Å². The van der Waals surface area contributed by atoms with Crippen LogP contribution in [-0.4, -0.2) is 22.7 Å². The molecule has 0 spiro atoms. The summed E-state index contributed by atoms with van der Waals surface area (Å²) < 4.78 is 5.06. The molecule has 1 atom stereocenters. The van der Waals surface area contributed by atoms with Gasteiger partial charge in [-0.15, -0.1) is 0 Å². The van der Waals surface area contributed by atoms with Crippen molar-refractivity contribution >= 4 is 16.9 Å². The van der Waals surface area contributed by atoms with Gasteiger partial charge in [-0.2, -0.15) is 0 Å². The highest BCUT2D eigenvalue weighted by Crippen LogP contribution is 2.14. The Bertz CT molecular complexity index is 886. The van der Waals surface area contributed by atoms with Crippen LogP contribution < -0.4 is 16.2 Å². The molecular formula is C17H17N3O4. The number of carbonyl (C=O) groups excluding carboxylic acids is 1. The van der Waals surface area contributed by atoms with E-state index in [1.807, 2.05) is 18.2 Å². The first-order valence-electron chi connectivity index (χ1n) is 7.47. The molecule has 3 aromatic rings. The summed E-state index contributed by atoms with van der Waals surface area (Å²) in [5.74, 6) is 0.385. The van der Waals surface area contributed by atoms with Gasteiger partial charge in [0.1, 0.15) is 11.9 Å². The van der Waals surface area contributed by atoms with E-state index in [-0.39, 0.29) is 18.6 Å². The van der Waals surface area contributed by atoms with E-state index >= 15 is 0 Å². The van der Waals surface area contributed by atoms with Gasteiger partial charge < -0.3 is 25.1 Å². The van der Waals surface area contributed by atoms with Crippen LogP contribution >= 0.6 is 0 Å². The molecule has 0 radical (unpaired) electrons. The molecule has 4 N–H and O–H groups in total. The lowest BCUT2D eigenvalue weighted by Gasteiger charge is -2.11. The lowest BCUT2D eigenvalue weighted by Crippen LogP contribution is -2.37. The molecule has 2 aromatic heterocycles. The van der Waals surface area contributed by atoms with Crippen LogP contribution in [0.2, 0.25) is 0 Å². The number of para-hydroxylation sites is 1. The van der Waals surface area contributed by atoms with Gasteiger partial charge in [-0.05, 0) is 23.8 Å². The third-order valence-electron chi connectivity index (χ3n) is 3.60. The first-order chi connectivity index (χ1) is 11.6. The van der Waals surface area contributed by atoms with Crippen molar-refractivity contribution in [2.24, 2.45) is 0 Å². The van der Waals surface area contributed by atoms with Crippen molar-refractivity contribution in [1.29, 1.82) is 0 Å². The number of nitrogens with one attached hydrogen (secondary N) is 3. The monoisotopic (exact) mass is 327 g/mol. The van der Waals surface area contributed by atoms with E-state index in [1.54, 1.807) is 18.2 Å². The lowest BCUT2D eigenvalue weighted by atomic mass is 10.1. The van der Waals surface area contributed by atoms with Gasteiger partial charge in [0.05, 0.1) is 12.8 Å². The maximum Gasteiger partial charge on any atom is 0.315 e. The summed E-state index contributed by atoms with van der Waals surface area (Å²) in [5.41, 5.74) is 1.21. The Labute approximate surface area is 137 Å². The summed E-state index contributed by atoms with van der Waals surface area (Å²) in [5, 5.41) is 15.9. The summed E-state index contributed by atoms with van der Waals surface area (Å²) in [6, 6.07) is 11.7. The zero-order chi connectivity index (χ0) is 16.9. The smallest absolute Gasteiger partial charge is 0.315 e. The number of amides is 2. The van der Waals surface area contributed by atoms with Gasteiger partial charge in [0, 0.05) is 23.5 Å². The van der Waals surface area contributed by atoms with Crippen LogP contribution in [0.25, 0.3) is 10.9 Å². The normalized spacial score (nSPS) is 12.0. The van der Waals surface area contributed by atoms with Crippen LogP contribution in [0.15, 0.2) is 57.9 Å². The zero-order valence-corrected chi connectivity index (χ0v) is 12.8. The molecule has 1 unspecified atom stereocenters. The number of rotatable bonds is 5. The van der Waals surface area contributed by atoms with E-state index in [4.69, 9.17) is 4.42 Å². The summed E-state index contributed by atoms with van der Waals surface area (Å²) >= 11 is 0. The van der Waals surface area contributed by atoms with Crippen LogP contribution in [0.1, 0.15) is 17.4 Å². The maximum atomic E-state index is 11.9. The average molecular weight is 327 g/mol. The third kappa shape index (κ3) is 3.64. The number of pyridine rings is 1. The number of hydrogen-bond donors (Lipinski definition) is 4. The Morgan fingerprint density at radius 1 is 1.21 bits per heavy atom. The quantitative estimate of drug-likeness (QED) is 0.571. The molecule has 24 heavy (non-hydrogen) atoms. The first kappa shape index (κ1) is 15.8. The highest BCUT2D eigenvalue weighted by molar-refractivity contribution is 5.82. The molecule has 7 heteroatoms. The lowest BCUT2D eigenvalue weighted by molar-refractivity contribution is 0.148. The summed E-state index contributed by atoms with van der Waals surface area (Å²) in [7, 11) is 0. The van der Waals surface area contributed by atoms with Crippen molar-refractivity contribution in [2.75, 3.05) is 6.54 Å². The van der Waals surface area contributed by atoms with Gasteiger partial charge in [-0.25, -0.2) is 4.79 Å². The molecule has 3 rings (SSSR count). The van der Waals surface area contributed by atoms with Crippen molar-refractivity contribution in [3.05, 3.63) is 70.4 Å². The van der Waals surface area contributed by atoms with Crippen molar-refractivity contribution in [3.8, 4) is 0 Å². The Kier molecular flexibility index (Phi) is 4.62. The second-order valence-corrected chi connectivity index (χ2v) is 5.30. The molecule has 0 aliphatic heterocycles. The molecular weight excluding hydrogens is 310 g/mol. The highest BCUT2D eigenvalue weighted by Gasteiger charge is 2.12. The molecule has 0 bridgehead atoms. The van der Waals surface area contributed by atoms with Crippen LogP contribution in [0.4, 0.5) is 4.79 Å². The fourth-order valence-electron chi connectivity index (χ4n) is 2.43. The Morgan fingerprint density at radius 3 is 2.83 bits per heavy atom. The Balaban J connectivity index is 1.59. The summed E-state index contributed by atoms with van der Waals surface area (Å²) in [4.78, 5) is 26.3. The average Bonchev–Trinajstić information content (AvgIpc) is 3.12. The minimum atomic E-state index is -0.911. The molecule has 1 aromatic carbocycles. The Hall–Kier alpha value is -3.06. The van der Waals surface area contributed by atoms with Crippen LogP contribution in [0, 0.1) is 0 Å². The number of aliphatic hydroxyl groups is 1. The van der Waals surface area contributed by atoms with Crippen LogP contribution in [-0.2, 0) is 6.54 Å². The number of carbonyl (C=O) groups is 1. The minimum absolute atomic E-state index is 0.0233. The number of hydrogen-bond acceptors (Lipinski definition) is 4. The van der Waals surface area contributed by atoms with Crippen molar-refractivity contribution in [2.45, 2.75) is 12.6 Å². The van der Waals surface area contributed by atoms with Gasteiger partial charge in [0.25, 0.3) is 0 Å². The number of aromatic nitrogens is 1. The van der Waals surface area contributed by atoms with Gasteiger partial charge >= 0.3 is 6.03 Å². The van der Waals surface area contributed by atoms with E-state index in [0.717, 1.165) is 16.5 Å². The van der Waals surface area contributed by atoms with Crippen molar-refractivity contribution < 1.29 is 14.3 Å². The number of fused-ring (bicyclic) bond motifs is 1. The molecule has 0 aliphatic carbocycles. The van der Waals surface area contributed by atoms with Crippen LogP contribution in [0.5, 0.6) is 0 Å². The maximum absolute atomic E-state index is 11.9. The molecule has 2 amide bonds. The van der Waals surface area contributed by atoms with Gasteiger partial charge in [-0.1, -0.05) is 18.2 Å². The predicted molar refractivity (Wildman–Crippen MR) is 88.5 cm³/mol. The van der Waals surface area contributed by atoms with Crippen LogP contribution in [0.3, 0.4) is 0 Å². The molecule has 0 fully saturated rings. The second kappa shape index (κ2) is 7.01. The largest absolute Gasteiger partial charge is 0.467 e. The van der Waals surface area contributed by atoms with E-state index in [0.29, 0.717) is 5.76 Å². The molecule has 7 nitrogen and oxygen atoms in total. The van der Waals surface area contributed by atoms with E-state index in [2.05, 4.69) is 15.6 Å². The van der Waals surface area contributed by atoms with Gasteiger partial charge in [0.15, 0.2) is 0 Å². The number of urea groups is 1. The highest BCUT2D eigenvalue weighted by atomic mass is 16.4. The standard InChI is InChI=1S/C17H17N3O4/c21-14(15-6-3-7-24-15)10-19-17(23)18-9-11-8-16(22)20-13-5-2-1-4-12(11)13/h1-8,14,21H,9-10H2,(H,20,22)(H2,18,19,23). The SMILES string of the molecule is O=C(NCc1cc(=O)[nH]c2ccccc12)NCC(O)c1ccco1. The number of furan rings is 1. The van der Waals surface area contributed by atoms with E-state index < -0.39 is 12.1 Å². The first-order valence-corrected chi connectivity index (χ1v) is 7.47. The topological polar surface area (TPSA) is 107 Å².